The molecular weight excluding hydrogens is 220 g/mol. The number of unbranched alkanes of at least 4 members (excludes halogenated alkanes) is 4. The van der Waals surface area contributed by atoms with Crippen molar-refractivity contribution >= 4 is 16.1 Å². The fourth-order valence-corrected chi connectivity index (χ4v) is 1.54. The Hall–Kier alpha value is -0.620. The van der Waals surface area contributed by atoms with Gasteiger partial charge in [0, 0.05) is 6.42 Å². The monoisotopic (exact) mass is 238 g/mol. The zero-order valence-corrected chi connectivity index (χ0v) is 9.75. The van der Waals surface area contributed by atoms with Crippen molar-refractivity contribution in [3.63, 3.8) is 0 Å². The summed E-state index contributed by atoms with van der Waals surface area (Å²) in [6.45, 7) is 0.220. The normalized spacial score (nSPS) is 11.5. The van der Waals surface area contributed by atoms with Crippen molar-refractivity contribution in [1.82, 2.24) is 0 Å². The van der Waals surface area contributed by atoms with Crippen molar-refractivity contribution in [2.75, 3.05) is 12.9 Å². The van der Waals surface area contributed by atoms with Crippen molar-refractivity contribution in [3.8, 4) is 0 Å². The number of carboxylic acid groups (broad SMARTS) is 1. The SMILES string of the molecule is CS(=O)(=O)OCCCCCCCC(=O)O. The Balaban J connectivity index is 3.16. The molecule has 0 radical (unpaired) electrons. The second-order valence-corrected chi connectivity index (χ2v) is 5.08. The number of rotatable bonds is 9. The highest BCUT2D eigenvalue weighted by molar-refractivity contribution is 7.85. The molecule has 0 aliphatic carbocycles. The predicted molar refractivity (Wildman–Crippen MR) is 56.1 cm³/mol. The van der Waals surface area contributed by atoms with Crippen molar-refractivity contribution < 1.29 is 22.5 Å². The van der Waals surface area contributed by atoms with Gasteiger partial charge in [-0.1, -0.05) is 19.3 Å². The largest absolute Gasteiger partial charge is 0.481 e. The standard InChI is InChI=1S/C9H18O5S/c1-15(12,13)14-8-6-4-2-3-5-7-9(10)11/h2-8H2,1H3,(H,10,11). The molecule has 0 aromatic rings. The van der Waals surface area contributed by atoms with Crippen LogP contribution < -0.4 is 0 Å². The van der Waals surface area contributed by atoms with Gasteiger partial charge in [0.05, 0.1) is 12.9 Å². The van der Waals surface area contributed by atoms with Crippen LogP contribution in [0.25, 0.3) is 0 Å². The summed E-state index contributed by atoms with van der Waals surface area (Å²) < 4.78 is 25.7. The van der Waals surface area contributed by atoms with Crippen molar-refractivity contribution in [2.45, 2.75) is 38.5 Å². The van der Waals surface area contributed by atoms with E-state index in [9.17, 15) is 13.2 Å². The molecule has 6 heteroatoms. The summed E-state index contributed by atoms with van der Waals surface area (Å²) in [5.41, 5.74) is 0. The number of hydrogen-bond acceptors (Lipinski definition) is 4. The van der Waals surface area contributed by atoms with Gasteiger partial charge in [0.1, 0.15) is 0 Å². The molecule has 0 atom stereocenters. The van der Waals surface area contributed by atoms with Crippen molar-refractivity contribution in [2.24, 2.45) is 0 Å². The van der Waals surface area contributed by atoms with Gasteiger partial charge < -0.3 is 5.11 Å². The summed E-state index contributed by atoms with van der Waals surface area (Å²) in [5, 5.41) is 8.36. The molecule has 0 aromatic carbocycles. The summed E-state index contributed by atoms with van der Waals surface area (Å²) in [5.74, 6) is -0.768. The topological polar surface area (TPSA) is 80.7 Å². The lowest BCUT2D eigenvalue weighted by Crippen LogP contribution is -2.03. The third-order valence-electron chi connectivity index (χ3n) is 1.83. The summed E-state index contributed by atoms with van der Waals surface area (Å²) in [6, 6.07) is 0. The highest BCUT2D eigenvalue weighted by Gasteiger charge is 2.00. The minimum Gasteiger partial charge on any atom is -0.481 e. The molecule has 0 rings (SSSR count). The molecule has 5 nitrogen and oxygen atoms in total. The van der Waals surface area contributed by atoms with Gasteiger partial charge in [0.2, 0.25) is 0 Å². The van der Waals surface area contributed by atoms with Gasteiger partial charge >= 0.3 is 5.97 Å². The van der Waals surface area contributed by atoms with Gasteiger partial charge in [-0.2, -0.15) is 8.42 Å². The Bertz CT molecular complexity index is 270. The van der Waals surface area contributed by atoms with Crippen LogP contribution in [0.3, 0.4) is 0 Å². The Morgan fingerprint density at radius 3 is 2.20 bits per heavy atom. The summed E-state index contributed by atoms with van der Waals surface area (Å²) >= 11 is 0. The Morgan fingerprint density at radius 1 is 1.13 bits per heavy atom. The van der Waals surface area contributed by atoms with Gasteiger partial charge in [0.15, 0.2) is 0 Å². The minimum absolute atomic E-state index is 0.208. The van der Waals surface area contributed by atoms with Gasteiger partial charge in [-0.3, -0.25) is 8.98 Å². The van der Waals surface area contributed by atoms with E-state index in [0.717, 1.165) is 25.5 Å². The molecule has 0 aromatic heterocycles. The molecule has 15 heavy (non-hydrogen) atoms. The molecule has 0 bridgehead atoms. The van der Waals surface area contributed by atoms with E-state index in [-0.39, 0.29) is 13.0 Å². The molecule has 1 N–H and O–H groups in total. The van der Waals surface area contributed by atoms with Crippen molar-refractivity contribution in [1.29, 1.82) is 0 Å². The van der Waals surface area contributed by atoms with E-state index in [2.05, 4.69) is 4.18 Å². The smallest absolute Gasteiger partial charge is 0.303 e. The molecule has 0 saturated carbocycles. The van der Waals surface area contributed by atoms with Crippen LogP contribution in [0.15, 0.2) is 0 Å². The van der Waals surface area contributed by atoms with Crippen LogP contribution in [-0.4, -0.2) is 32.4 Å². The van der Waals surface area contributed by atoms with Crippen molar-refractivity contribution in [3.05, 3.63) is 0 Å². The average Bonchev–Trinajstić information content (AvgIpc) is 2.07. The lowest BCUT2D eigenvalue weighted by Gasteiger charge is -2.01. The molecule has 0 aliphatic rings. The number of carboxylic acids is 1. The van der Waals surface area contributed by atoms with Crippen LogP contribution in [-0.2, 0) is 19.1 Å². The number of hydrogen-bond donors (Lipinski definition) is 1. The molecule has 0 heterocycles. The third-order valence-corrected chi connectivity index (χ3v) is 2.43. The Kier molecular flexibility index (Phi) is 7.33. The molecular formula is C9H18O5S. The first-order valence-electron chi connectivity index (χ1n) is 4.98. The van der Waals surface area contributed by atoms with E-state index in [1.54, 1.807) is 0 Å². The Labute approximate surface area is 90.6 Å². The van der Waals surface area contributed by atoms with E-state index in [1.165, 1.54) is 0 Å². The van der Waals surface area contributed by atoms with E-state index < -0.39 is 16.1 Å². The minimum atomic E-state index is -3.31. The quantitative estimate of drug-likeness (QED) is 0.485. The zero-order chi connectivity index (χ0) is 11.7. The molecule has 0 amide bonds. The van der Waals surface area contributed by atoms with Crippen LogP contribution in [0.4, 0.5) is 0 Å². The maximum absolute atomic E-state index is 10.6. The molecule has 0 spiro atoms. The summed E-state index contributed by atoms with van der Waals surface area (Å²) in [6.07, 6.45) is 5.27. The second-order valence-electron chi connectivity index (χ2n) is 3.44. The third kappa shape index (κ3) is 13.4. The molecule has 0 aliphatic heterocycles. The first-order chi connectivity index (χ1) is 6.92. The lowest BCUT2D eigenvalue weighted by molar-refractivity contribution is -0.137. The average molecular weight is 238 g/mol. The number of carbonyl (C=O) groups is 1. The van der Waals surface area contributed by atoms with E-state index in [0.29, 0.717) is 12.8 Å². The fraction of sp³-hybridized carbons (Fsp3) is 0.889. The molecule has 0 fully saturated rings. The van der Waals surface area contributed by atoms with Crippen LogP contribution >= 0.6 is 0 Å². The molecule has 0 unspecified atom stereocenters. The summed E-state index contributed by atoms with van der Waals surface area (Å²) in [4.78, 5) is 10.2. The van der Waals surface area contributed by atoms with E-state index in [4.69, 9.17) is 5.11 Å². The maximum atomic E-state index is 10.6. The van der Waals surface area contributed by atoms with Crippen LogP contribution in [0.1, 0.15) is 38.5 Å². The lowest BCUT2D eigenvalue weighted by atomic mass is 10.1. The molecule has 0 saturated heterocycles. The van der Waals surface area contributed by atoms with Gasteiger partial charge in [0.25, 0.3) is 10.1 Å². The van der Waals surface area contributed by atoms with E-state index in [1.807, 2.05) is 0 Å². The van der Waals surface area contributed by atoms with Crippen LogP contribution in [0.5, 0.6) is 0 Å². The highest BCUT2D eigenvalue weighted by Crippen LogP contribution is 2.05. The second kappa shape index (κ2) is 7.64. The molecule has 90 valence electrons. The number of aliphatic carboxylic acids is 1. The zero-order valence-electron chi connectivity index (χ0n) is 8.94. The summed E-state index contributed by atoms with van der Waals surface area (Å²) in [7, 11) is -3.31. The first-order valence-corrected chi connectivity index (χ1v) is 6.79. The fourth-order valence-electron chi connectivity index (χ4n) is 1.12. The predicted octanol–water partition coefficient (Wildman–Crippen LogP) is 1.39. The van der Waals surface area contributed by atoms with E-state index >= 15 is 0 Å². The highest BCUT2D eigenvalue weighted by atomic mass is 32.2. The van der Waals surface area contributed by atoms with Gasteiger partial charge in [-0.25, -0.2) is 0 Å². The van der Waals surface area contributed by atoms with Crippen LogP contribution in [0, 0.1) is 0 Å². The van der Waals surface area contributed by atoms with Crippen LogP contribution in [0.2, 0.25) is 0 Å². The Morgan fingerprint density at radius 2 is 1.67 bits per heavy atom. The maximum Gasteiger partial charge on any atom is 0.303 e. The van der Waals surface area contributed by atoms with Gasteiger partial charge in [-0.05, 0) is 12.8 Å². The first kappa shape index (κ1) is 14.4. The van der Waals surface area contributed by atoms with Gasteiger partial charge in [-0.15, -0.1) is 0 Å².